The van der Waals surface area contributed by atoms with Crippen LogP contribution in [0.4, 0.5) is 0 Å². The van der Waals surface area contributed by atoms with E-state index in [4.69, 9.17) is 18.9 Å². The molecule has 0 radical (unpaired) electrons. The zero-order valence-electron chi connectivity index (χ0n) is 15.5. The van der Waals surface area contributed by atoms with Gasteiger partial charge in [0.15, 0.2) is 5.60 Å². The van der Waals surface area contributed by atoms with Crippen molar-refractivity contribution in [2.24, 2.45) is 23.2 Å². The predicted molar refractivity (Wildman–Crippen MR) is 85.2 cm³/mol. The van der Waals surface area contributed by atoms with Crippen molar-refractivity contribution in [1.29, 1.82) is 0 Å². The topological polar surface area (TPSA) is 77.7 Å². The van der Waals surface area contributed by atoms with Crippen LogP contribution in [0.2, 0.25) is 0 Å². The first-order valence-corrected chi connectivity index (χ1v) is 9.46. The van der Waals surface area contributed by atoms with E-state index in [1.54, 1.807) is 0 Å². The molecule has 0 unspecified atom stereocenters. The summed E-state index contributed by atoms with van der Waals surface area (Å²) in [6.07, 6.45) is 2.17. The Morgan fingerprint density at radius 3 is 2.68 bits per heavy atom. The monoisotopic (exact) mass is 350 g/mol. The number of ether oxygens (including phenoxy) is 4. The van der Waals surface area contributed by atoms with Crippen LogP contribution in [0.25, 0.3) is 0 Å². The number of epoxide rings is 2. The highest BCUT2D eigenvalue weighted by atomic mass is 16.8. The molecule has 5 aliphatic rings. The minimum absolute atomic E-state index is 0.139. The molecule has 3 heterocycles. The Kier molecular flexibility index (Phi) is 2.71. The van der Waals surface area contributed by atoms with Gasteiger partial charge in [-0.1, -0.05) is 27.7 Å². The summed E-state index contributed by atoms with van der Waals surface area (Å²) < 4.78 is 24.2. The van der Waals surface area contributed by atoms with Crippen molar-refractivity contribution in [3.8, 4) is 0 Å². The van der Waals surface area contributed by atoms with Gasteiger partial charge in [0.25, 0.3) is 5.79 Å². The largest absolute Gasteiger partial charge is 0.458 e. The fraction of sp³-hybridized carbons (Fsp3) is 0.895. The number of hydrogen-bond donors (Lipinski definition) is 0. The third-order valence-electron chi connectivity index (χ3n) is 7.90. The minimum Gasteiger partial charge on any atom is -0.458 e. The molecule has 25 heavy (non-hydrogen) atoms. The normalized spacial score (nSPS) is 57.8. The maximum absolute atomic E-state index is 12.5. The smallest absolute Gasteiger partial charge is 0.314 e. The third-order valence-corrected chi connectivity index (χ3v) is 7.90. The second kappa shape index (κ2) is 4.22. The summed E-state index contributed by atoms with van der Waals surface area (Å²) in [6, 6.07) is 0. The lowest BCUT2D eigenvalue weighted by molar-refractivity contribution is -0.187. The van der Waals surface area contributed by atoms with E-state index in [2.05, 4.69) is 13.8 Å². The molecule has 0 bridgehead atoms. The van der Waals surface area contributed by atoms with Crippen LogP contribution in [-0.4, -0.2) is 41.1 Å². The van der Waals surface area contributed by atoms with Crippen LogP contribution in [0.1, 0.15) is 53.9 Å². The Hall–Kier alpha value is -1.14. The Balaban J connectivity index is 1.65. The maximum atomic E-state index is 12.5. The molecular formula is C19H26O6. The van der Waals surface area contributed by atoms with Gasteiger partial charge in [-0.05, 0) is 25.7 Å². The van der Waals surface area contributed by atoms with E-state index in [-0.39, 0.29) is 29.4 Å². The van der Waals surface area contributed by atoms with Gasteiger partial charge in [0.1, 0.15) is 11.7 Å². The van der Waals surface area contributed by atoms with E-state index in [0.717, 1.165) is 12.8 Å². The van der Waals surface area contributed by atoms with Crippen molar-refractivity contribution < 1.29 is 28.5 Å². The second-order valence-corrected chi connectivity index (χ2v) is 9.20. The van der Waals surface area contributed by atoms with E-state index in [9.17, 15) is 9.59 Å². The average molecular weight is 350 g/mol. The standard InChI is InChI=1S/C19H26O6/c1-9(2)13(20)22-15-16(5)10(3)6-7-12-17(16,23-12)8-18-19(15,25-18)11(4)14(21)24-18/h9-12,15H,6-8H2,1-5H3/t10-,11+,12+,15-,16-,17+,18+,19-/m0/s1. The summed E-state index contributed by atoms with van der Waals surface area (Å²) in [5.41, 5.74) is -1.67. The lowest BCUT2D eigenvalue weighted by Gasteiger charge is -2.52. The summed E-state index contributed by atoms with van der Waals surface area (Å²) >= 11 is 0. The molecular weight excluding hydrogens is 324 g/mol. The molecule has 6 heteroatoms. The first kappa shape index (κ1) is 16.1. The number of carbonyl (C=O) groups excluding carboxylic acids is 2. The Labute approximate surface area is 147 Å². The fourth-order valence-corrected chi connectivity index (χ4v) is 6.07. The fourth-order valence-electron chi connectivity index (χ4n) is 6.07. The molecule has 2 saturated carbocycles. The third kappa shape index (κ3) is 1.48. The Morgan fingerprint density at radius 2 is 2.00 bits per heavy atom. The maximum Gasteiger partial charge on any atom is 0.314 e. The van der Waals surface area contributed by atoms with Gasteiger partial charge in [-0.2, -0.15) is 0 Å². The van der Waals surface area contributed by atoms with Crippen LogP contribution in [0.5, 0.6) is 0 Å². The molecule has 0 aromatic rings. The molecule has 8 atom stereocenters. The SMILES string of the molecule is CC(C)C(=O)O[C@H]1[C@]2(C)[C@@H](C)CC[C@H]3O[C@]32C[C@]23OC(=O)[C@@H](C)[C@]12O3. The quantitative estimate of drug-likeness (QED) is 0.561. The molecule has 0 N–H and O–H groups in total. The number of hydrogen-bond acceptors (Lipinski definition) is 6. The van der Waals surface area contributed by atoms with Crippen molar-refractivity contribution in [3.05, 3.63) is 0 Å². The van der Waals surface area contributed by atoms with Crippen molar-refractivity contribution in [1.82, 2.24) is 0 Å². The minimum atomic E-state index is -0.975. The van der Waals surface area contributed by atoms with E-state index in [1.807, 2.05) is 20.8 Å². The highest BCUT2D eigenvalue weighted by Crippen LogP contribution is 2.79. The first-order valence-electron chi connectivity index (χ1n) is 9.46. The predicted octanol–water partition coefficient (Wildman–Crippen LogP) is 2.19. The van der Waals surface area contributed by atoms with E-state index in [0.29, 0.717) is 12.3 Å². The zero-order chi connectivity index (χ0) is 18.0. The van der Waals surface area contributed by atoms with Crippen molar-refractivity contribution in [2.45, 2.75) is 83.1 Å². The van der Waals surface area contributed by atoms with E-state index in [1.165, 1.54) is 0 Å². The van der Waals surface area contributed by atoms with E-state index < -0.39 is 29.0 Å². The molecule has 138 valence electrons. The lowest BCUT2D eigenvalue weighted by atomic mass is 9.50. The van der Waals surface area contributed by atoms with Gasteiger partial charge in [-0.3, -0.25) is 9.59 Å². The summed E-state index contributed by atoms with van der Waals surface area (Å²) in [5.74, 6) is -1.89. The highest BCUT2D eigenvalue weighted by molar-refractivity contribution is 5.80. The summed E-state index contributed by atoms with van der Waals surface area (Å²) in [6.45, 7) is 9.83. The van der Waals surface area contributed by atoms with Crippen molar-refractivity contribution in [2.75, 3.05) is 0 Å². The van der Waals surface area contributed by atoms with Crippen LogP contribution in [0.3, 0.4) is 0 Å². The molecule has 6 nitrogen and oxygen atoms in total. The molecule has 0 aromatic heterocycles. The lowest BCUT2D eigenvalue weighted by Crippen LogP contribution is -2.66. The molecule has 0 amide bonds. The van der Waals surface area contributed by atoms with Crippen LogP contribution in [-0.2, 0) is 28.5 Å². The molecule has 2 aliphatic carbocycles. The van der Waals surface area contributed by atoms with Gasteiger partial charge in [-0.25, -0.2) is 0 Å². The van der Waals surface area contributed by atoms with Crippen molar-refractivity contribution >= 4 is 11.9 Å². The van der Waals surface area contributed by atoms with Gasteiger partial charge in [-0.15, -0.1) is 0 Å². The summed E-state index contributed by atoms with van der Waals surface area (Å²) in [5, 5.41) is 0. The van der Waals surface area contributed by atoms with Crippen LogP contribution < -0.4 is 0 Å². The molecule has 5 fully saturated rings. The van der Waals surface area contributed by atoms with Gasteiger partial charge in [0, 0.05) is 11.8 Å². The number of rotatable bonds is 2. The number of esters is 2. The molecule has 3 saturated heterocycles. The summed E-state index contributed by atoms with van der Waals surface area (Å²) in [4.78, 5) is 24.9. The molecule has 5 rings (SSSR count). The van der Waals surface area contributed by atoms with Crippen molar-refractivity contribution in [3.63, 3.8) is 0 Å². The average Bonchev–Trinajstić information content (AvgIpc) is 3.40. The zero-order valence-corrected chi connectivity index (χ0v) is 15.5. The van der Waals surface area contributed by atoms with Crippen LogP contribution in [0, 0.1) is 23.2 Å². The van der Waals surface area contributed by atoms with Crippen LogP contribution >= 0.6 is 0 Å². The number of carbonyl (C=O) groups is 2. The first-order chi connectivity index (χ1) is 11.6. The van der Waals surface area contributed by atoms with E-state index >= 15 is 0 Å². The van der Waals surface area contributed by atoms with Crippen LogP contribution in [0.15, 0.2) is 0 Å². The van der Waals surface area contributed by atoms with Gasteiger partial charge >= 0.3 is 11.9 Å². The Bertz CT molecular complexity index is 689. The Morgan fingerprint density at radius 1 is 1.28 bits per heavy atom. The highest BCUT2D eigenvalue weighted by Gasteiger charge is 2.96. The van der Waals surface area contributed by atoms with Gasteiger partial charge in [0.05, 0.1) is 17.9 Å². The molecule has 1 spiro atoms. The molecule has 0 aromatic carbocycles. The van der Waals surface area contributed by atoms with Gasteiger partial charge in [0.2, 0.25) is 0 Å². The summed E-state index contributed by atoms with van der Waals surface area (Å²) in [7, 11) is 0. The molecule has 3 aliphatic heterocycles. The second-order valence-electron chi connectivity index (χ2n) is 9.20. The van der Waals surface area contributed by atoms with Gasteiger partial charge < -0.3 is 18.9 Å².